The molecule has 34 heavy (non-hydrogen) atoms. The number of hydrogen-bond acceptors (Lipinski definition) is 4. The van der Waals surface area contributed by atoms with Gasteiger partial charge in [0.05, 0.1) is 23.5 Å². The molecule has 0 saturated carbocycles. The molecule has 2 aromatic carbocycles. The van der Waals surface area contributed by atoms with Crippen molar-refractivity contribution in [2.45, 2.75) is 38.1 Å². The molecule has 1 unspecified atom stereocenters. The molecule has 7 nitrogen and oxygen atoms in total. The molecule has 0 spiro atoms. The Balaban J connectivity index is 1.49. The summed E-state index contributed by atoms with van der Waals surface area (Å²) in [6.45, 7) is 0. The number of amides is 2. The number of H-pyrrole nitrogens is 1. The predicted molar refractivity (Wildman–Crippen MR) is 133 cm³/mol. The van der Waals surface area contributed by atoms with Crippen LogP contribution in [0.25, 0.3) is 22.0 Å². The maximum atomic E-state index is 12.8. The van der Waals surface area contributed by atoms with Gasteiger partial charge in [-0.2, -0.15) is 0 Å². The molecule has 2 aromatic heterocycles. The first-order valence-electron chi connectivity index (χ1n) is 11.6. The van der Waals surface area contributed by atoms with Crippen LogP contribution >= 0.6 is 0 Å². The Morgan fingerprint density at radius 3 is 2.62 bits per heavy atom. The zero-order valence-corrected chi connectivity index (χ0v) is 19.3. The van der Waals surface area contributed by atoms with Crippen LogP contribution in [0.4, 0.5) is 0 Å². The average Bonchev–Trinajstić information content (AvgIpc) is 3.38. The Bertz CT molecular complexity index is 1250. The Morgan fingerprint density at radius 1 is 0.971 bits per heavy atom. The summed E-state index contributed by atoms with van der Waals surface area (Å²) in [6.07, 6.45) is 8.80. The standard InChI is InChI=1S/C27H29N5O2/c1-28-25(33)12-4-2-3-11-23(32-27(34)22-10-7-15-29-17-22)26-30-18-24(31-26)21-14-13-19-8-5-6-9-20(19)16-21/h5-10,13-18,23H,2-4,11-12H2,1H3,(H,28,33)(H,30,31)(H,32,34). The van der Waals surface area contributed by atoms with Crippen molar-refractivity contribution in [2.75, 3.05) is 7.05 Å². The van der Waals surface area contributed by atoms with Gasteiger partial charge < -0.3 is 15.6 Å². The van der Waals surface area contributed by atoms with Gasteiger partial charge in [0.2, 0.25) is 5.91 Å². The summed E-state index contributed by atoms with van der Waals surface area (Å²) >= 11 is 0. The molecule has 3 N–H and O–H groups in total. The van der Waals surface area contributed by atoms with E-state index in [0.29, 0.717) is 24.2 Å². The molecule has 1 atom stereocenters. The van der Waals surface area contributed by atoms with Crippen molar-refractivity contribution in [3.05, 3.63) is 84.6 Å². The van der Waals surface area contributed by atoms with E-state index in [1.807, 2.05) is 18.3 Å². The van der Waals surface area contributed by atoms with Crippen LogP contribution in [-0.4, -0.2) is 33.8 Å². The van der Waals surface area contributed by atoms with Crippen molar-refractivity contribution in [2.24, 2.45) is 0 Å². The maximum absolute atomic E-state index is 12.8. The molecule has 0 radical (unpaired) electrons. The van der Waals surface area contributed by atoms with Gasteiger partial charge in [-0.15, -0.1) is 0 Å². The van der Waals surface area contributed by atoms with Gasteiger partial charge in [-0.3, -0.25) is 14.6 Å². The number of carbonyl (C=O) groups excluding carboxylic acids is 2. The van der Waals surface area contributed by atoms with Gasteiger partial charge in [-0.25, -0.2) is 4.98 Å². The fourth-order valence-electron chi connectivity index (χ4n) is 3.97. The highest BCUT2D eigenvalue weighted by molar-refractivity contribution is 5.94. The van der Waals surface area contributed by atoms with Crippen molar-refractivity contribution >= 4 is 22.6 Å². The highest BCUT2D eigenvalue weighted by Gasteiger charge is 2.19. The molecule has 2 amide bonds. The summed E-state index contributed by atoms with van der Waals surface area (Å²) in [4.78, 5) is 36.4. The number of rotatable bonds is 10. The summed E-state index contributed by atoms with van der Waals surface area (Å²) in [5.74, 6) is 0.575. The van der Waals surface area contributed by atoms with E-state index in [1.54, 1.807) is 31.6 Å². The van der Waals surface area contributed by atoms with Crippen molar-refractivity contribution in [1.29, 1.82) is 0 Å². The summed E-state index contributed by atoms with van der Waals surface area (Å²) in [6, 6.07) is 17.7. The summed E-state index contributed by atoms with van der Waals surface area (Å²) < 4.78 is 0. The molecule has 4 rings (SSSR count). The number of imidazole rings is 1. The Morgan fingerprint density at radius 2 is 1.82 bits per heavy atom. The number of benzene rings is 2. The van der Waals surface area contributed by atoms with Crippen molar-refractivity contribution in [3.8, 4) is 11.3 Å². The second-order valence-electron chi connectivity index (χ2n) is 8.28. The number of hydrogen-bond donors (Lipinski definition) is 3. The number of aromatic amines is 1. The smallest absolute Gasteiger partial charge is 0.253 e. The van der Waals surface area contributed by atoms with Gasteiger partial charge in [0, 0.05) is 31.4 Å². The number of pyridine rings is 1. The third kappa shape index (κ3) is 5.86. The normalized spacial score (nSPS) is 11.8. The number of aromatic nitrogens is 3. The van der Waals surface area contributed by atoms with E-state index in [0.717, 1.165) is 35.9 Å². The molecule has 0 bridgehead atoms. The lowest BCUT2D eigenvalue weighted by Gasteiger charge is -2.17. The van der Waals surface area contributed by atoms with Gasteiger partial charge in [0.15, 0.2) is 0 Å². The van der Waals surface area contributed by atoms with E-state index in [4.69, 9.17) is 0 Å². The molecule has 0 aliphatic rings. The van der Waals surface area contributed by atoms with E-state index in [1.165, 1.54) is 5.39 Å². The summed E-state index contributed by atoms with van der Waals surface area (Å²) in [7, 11) is 1.65. The zero-order valence-electron chi connectivity index (χ0n) is 19.3. The molecule has 0 aliphatic heterocycles. The minimum Gasteiger partial charge on any atom is -0.359 e. The van der Waals surface area contributed by atoms with Crippen LogP contribution in [0.5, 0.6) is 0 Å². The van der Waals surface area contributed by atoms with Gasteiger partial charge in [-0.05, 0) is 41.8 Å². The highest BCUT2D eigenvalue weighted by atomic mass is 16.2. The largest absolute Gasteiger partial charge is 0.359 e. The van der Waals surface area contributed by atoms with Crippen LogP contribution in [0.15, 0.2) is 73.2 Å². The average molecular weight is 456 g/mol. The topological polar surface area (TPSA) is 99.8 Å². The summed E-state index contributed by atoms with van der Waals surface area (Å²) in [5, 5.41) is 8.10. The van der Waals surface area contributed by atoms with E-state index < -0.39 is 0 Å². The first-order valence-corrected chi connectivity index (χ1v) is 11.6. The maximum Gasteiger partial charge on any atom is 0.253 e. The van der Waals surface area contributed by atoms with Crippen LogP contribution < -0.4 is 10.6 Å². The summed E-state index contributed by atoms with van der Waals surface area (Å²) in [5.41, 5.74) is 2.45. The fraction of sp³-hybridized carbons (Fsp3) is 0.259. The van der Waals surface area contributed by atoms with Crippen LogP contribution in [0, 0.1) is 0 Å². The molecule has 174 valence electrons. The lowest BCUT2D eigenvalue weighted by molar-refractivity contribution is -0.120. The third-order valence-electron chi connectivity index (χ3n) is 5.89. The SMILES string of the molecule is CNC(=O)CCCCCC(NC(=O)c1cccnc1)c1ncc(-c2ccc3ccccc3c2)[nH]1. The van der Waals surface area contributed by atoms with E-state index in [-0.39, 0.29) is 17.9 Å². The molecule has 0 aliphatic carbocycles. The molecule has 0 fully saturated rings. The van der Waals surface area contributed by atoms with Crippen molar-refractivity contribution in [3.63, 3.8) is 0 Å². The first kappa shape index (κ1) is 23.2. The van der Waals surface area contributed by atoms with Gasteiger partial charge in [0.1, 0.15) is 5.82 Å². The monoisotopic (exact) mass is 455 g/mol. The zero-order chi connectivity index (χ0) is 23.8. The van der Waals surface area contributed by atoms with Gasteiger partial charge >= 0.3 is 0 Å². The number of fused-ring (bicyclic) bond motifs is 1. The second-order valence-corrected chi connectivity index (χ2v) is 8.28. The Kier molecular flexibility index (Phi) is 7.65. The van der Waals surface area contributed by atoms with Gasteiger partial charge in [0.25, 0.3) is 5.91 Å². The molecule has 0 saturated heterocycles. The molecular weight excluding hydrogens is 426 g/mol. The van der Waals surface area contributed by atoms with E-state index in [2.05, 4.69) is 55.9 Å². The molecule has 7 heteroatoms. The molecule has 2 heterocycles. The quantitative estimate of drug-likeness (QED) is 0.299. The molecular formula is C27H29N5O2. The van der Waals surface area contributed by atoms with Crippen molar-refractivity contribution in [1.82, 2.24) is 25.6 Å². The predicted octanol–water partition coefficient (Wildman–Crippen LogP) is 4.79. The Labute approximate surface area is 199 Å². The van der Waals surface area contributed by atoms with Crippen LogP contribution in [0.2, 0.25) is 0 Å². The number of nitrogens with one attached hydrogen (secondary N) is 3. The number of nitrogens with zero attached hydrogens (tertiary/aromatic N) is 2. The third-order valence-corrected chi connectivity index (χ3v) is 5.89. The lowest BCUT2D eigenvalue weighted by Crippen LogP contribution is -2.29. The minimum atomic E-state index is -0.276. The van der Waals surface area contributed by atoms with Gasteiger partial charge in [-0.1, -0.05) is 49.2 Å². The second kappa shape index (κ2) is 11.2. The molecule has 4 aromatic rings. The van der Waals surface area contributed by atoms with E-state index >= 15 is 0 Å². The van der Waals surface area contributed by atoms with Crippen LogP contribution in [0.3, 0.4) is 0 Å². The lowest BCUT2D eigenvalue weighted by atomic mass is 10.1. The van der Waals surface area contributed by atoms with Crippen molar-refractivity contribution < 1.29 is 9.59 Å². The van der Waals surface area contributed by atoms with Crippen LogP contribution in [-0.2, 0) is 4.79 Å². The minimum absolute atomic E-state index is 0.0486. The van der Waals surface area contributed by atoms with E-state index in [9.17, 15) is 9.59 Å². The number of unbranched alkanes of at least 4 members (excludes halogenated alkanes) is 2. The Hall–Kier alpha value is -4.00. The van der Waals surface area contributed by atoms with Crippen LogP contribution in [0.1, 0.15) is 54.3 Å². The highest BCUT2D eigenvalue weighted by Crippen LogP contribution is 2.26. The first-order chi connectivity index (χ1) is 16.6. The number of carbonyl (C=O) groups is 2. The fourth-order valence-corrected chi connectivity index (χ4v) is 3.97.